The fraction of sp³-hybridized carbons (Fsp3) is 0.370. The Morgan fingerprint density at radius 2 is 1.74 bits per heavy atom. The molecule has 6 nitrogen and oxygen atoms in total. The minimum Gasteiger partial charge on any atom is -0.462 e. The van der Waals surface area contributed by atoms with Gasteiger partial charge in [-0.15, -0.1) is 0 Å². The summed E-state index contributed by atoms with van der Waals surface area (Å²) in [4.78, 5) is 42.4. The smallest absolute Gasteiger partial charge is 0.340 e. The molecule has 1 aliphatic carbocycles. The lowest BCUT2D eigenvalue weighted by Crippen LogP contribution is -2.38. The lowest BCUT2D eigenvalue weighted by Gasteiger charge is -2.24. The molecule has 1 aliphatic heterocycles. The monoisotopic (exact) mass is 478 g/mol. The van der Waals surface area contributed by atoms with E-state index in [2.05, 4.69) is 5.32 Å². The number of nitrogens with zero attached hydrogens (tertiary/aromatic N) is 1. The Balaban J connectivity index is 1.69. The number of nitrogens with one attached hydrogen (secondary N) is 1. The number of ether oxygens (including phenoxy) is 1. The number of para-hydroxylation sites is 1. The fourth-order valence-corrected chi connectivity index (χ4v) is 5.17. The highest BCUT2D eigenvalue weighted by Gasteiger charge is 2.42. The molecule has 7 heteroatoms. The molecule has 1 fully saturated rings. The molecule has 1 heterocycles. The van der Waals surface area contributed by atoms with E-state index in [1.807, 2.05) is 38.1 Å². The Labute approximate surface area is 204 Å². The molecule has 178 valence electrons. The number of thioether (sulfide) groups is 1. The van der Waals surface area contributed by atoms with E-state index in [4.69, 9.17) is 4.74 Å². The van der Waals surface area contributed by atoms with Crippen LogP contribution in [-0.4, -0.2) is 30.4 Å². The highest BCUT2D eigenvalue weighted by Crippen LogP contribution is 2.38. The van der Waals surface area contributed by atoms with Crippen LogP contribution < -0.4 is 10.2 Å². The van der Waals surface area contributed by atoms with Gasteiger partial charge in [0.25, 0.3) is 11.8 Å². The van der Waals surface area contributed by atoms with Crippen LogP contribution in [0.15, 0.2) is 64.0 Å². The summed E-state index contributed by atoms with van der Waals surface area (Å²) < 4.78 is 5.31. The number of rotatable bonds is 8. The second kappa shape index (κ2) is 10.9. The van der Waals surface area contributed by atoms with Gasteiger partial charge in [-0.2, -0.15) is 0 Å². The van der Waals surface area contributed by atoms with E-state index in [1.54, 1.807) is 24.3 Å². The lowest BCUT2D eigenvalue weighted by molar-refractivity contribution is -0.120. The van der Waals surface area contributed by atoms with Crippen LogP contribution in [0.5, 0.6) is 0 Å². The van der Waals surface area contributed by atoms with Gasteiger partial charge in [-0.05, 0) is 50.5 Å². The number of anilines is 1. The SMILES string of the molecule is CCCOC(=O)c1ccccc1N1C(=O)C(NC2CCCCC2)=C(Sc2ccc(C)cc2)C1=O. The third-order valence-corrected chi connectivity index (χ3v) is 7.13. The number of esters is 1. The van der Waals surface area contributed by atoms with E-state index in [0.29, 0.717) is 17.0 Å². The highest BCUT2D eigenvalue weighted by atomic mass is 32.2. The predicted octanol–water partition coefficient (Wildman–Crippen LogP) is 5.36. The van der Waals surface area contributed by atoms with Crippen molar-refractivity contribution in [2.24, 2.45) is 0 Å². The quantitative estimate of drug-likeness (QED) is 0.407. The maximum absolute atomic E-state index is 13.7. The summed E-state index contributed by atoms with van der Waals surface area (Å²) in [6.07, 6.45) is 6.01. The van der Waals surface area contributed by atoms with Crippen molar-refractivity contribution in [1.82, 2.24) is 5.32 Å². The highest BCUT2D eigenvalue weighted by molar-refractivity contribution is 8.04. The molecule has 4 rings (SSSR count). The normalized spacial score (nSPS) is 16.8. The van der Waals surface area contributed by atoms with Crippen LogP contribution in [0.3, 0.4) is 0 Å². The number of benzene rings is 2. The molecule has 2 aliphatic rings. The Morgan fingerprint density at radius 1 is 1.03 bits per heavy atom. The Kier molecular flexibility index (Phi) is 7.73. The van der Waals surface area contributed by atoms with Crippen LogP contribution in [0.4, 0.5) is 5.69 Å². The largest absolute Gasteiger partial charge is 0.462 e. The molecule has 2 aromatic carbocycles. The summed E-state index contributed by atoms with van der Waals surface area (Å²) in [6, 6.07) is 14.6. The van der Waals surface area contributed by atoms with Crippen molar-refractivity contribution in [2.45, 2.75) is 63.3 Å². The zero-order valence-corrected chi connectivity index (χ0v) is 20.5. The summed E-state index contributed by atoms with van der Waals surface area (Å²) >= 11 is 1.28. The van der Waals surface area contributed by atoms with Crippen LogP contribution in [0, 0.1) is 6.92 Å². The zero-order chi connectivity index (χ0) is 24.1. The van der Waals surface area contributed by atoms with Crippen molar-refractivity contribution in [3.63, 3.8) is 0 Å². The van der Waals surface area contributed by atoms with Gasteiger partial charge in [0.05, 0.1) is 17.9 Å². The molecule has 34 heavy (non-hydrogen) atoms. The first-order valence-corrected chi connectivity index (χ1v) is 12.7. The second-order valence-electron chi connectivity index (χ2n) is 8.70. The Bertz CT molecular complexity index is 1100. The van der Waals surface area contributed by atoms with Crippen molar-refractivity contribution in [2.75, 3.05) is 11.5 Å². The standard InChI is InChI=1S/C27H30N2O4S/c1-3-17-33-27(32)21-11-7-8-12-22(21)29-25(30)23(28-19-9-5-4-6-10-19)24(26(29)31)34-20-15-13-18(2)14-16-20/h7-8,11-16,19,28H,3-6,9-10,17H2,1-2H3. The van der Waals surface area contributed by atoms with Crippen molar-refractivity contribution >= 4 is 35.2 Å². The maximum Gasteiger partial charge on any atom is 0.340 e. The molecule has 1 saturated carbocycles. The first-order valence-electron chi connectivity index (χ1n) is 11.9. The van der Waals surface area contributed by atoms with Crippen molar-refractivity contribution < 1.29 is 19.1 Å². The van der Waals surface area contributed by atoms with E-state index in [-0.39, 0.29) is 23.9 Å². The van der Waals surface area contributed by atoms with Gasteiger partial charge in [-0.25, -0.2) is 9.69 Å². The molecule has 2 amide bonds. The average Bonchev–Trinajstić information content (AvgIpc) is 3.08. The van der Waals surface area contributed by atoms with E-state index >= 15 is 0 Å². The third kappa shape index (κ3) is 5.20. The van der Waals surface area contributed by atoms with Crippen LogP contribution in [0.1, 0.15) is 61.4 Å². The summed E-state index contributed by atoms with van der Waals surface area (Å²) in [6.45, 7) is 4.19. The number of carbonyl (C=O) groups excluding carboxylic acids is 3. The summed E-state index contributed by atoms with van der Waals surface area (Å²) in [7, 11) is 0. The first kappa shape index (κ1) is 24.1. The molecule has 0 aromatic heterocycles. The van der Waals surface area contributed by atoms with Gasteiger partial charge in [0.2, 0.25) is 0 Å². The summed E-state index contributed by atoms with van der Waals surface area (Å²) in [5.74, 6) is -1.40. The molecule has 0 spiro atoms. The van der Waals surface area contributed by atoms with Crippen LogP contribution in [0.2, 0.25) is 0 Å². The molecule has 0 bridgehead atoms. The van der Waals surface area contributed by atoms with Gasteiger partial charge in [-0.1, -0.05) is 67.8 Å². The number of aryl methyl sites for hydroxylation is 1. The van der Waals surface area contributed by atoms with Crippen molar-refractivity contribution in [3.05, 3.63) is 70.3 Å². The minimum absolute atomic E-state index is 0.152. The predicted molar refractivity (Wildman–Crippen MR) is 134 cm³/mol. The van der Waals surface area contributed by atoms with Gasteiger partial charge in [-0.3, -0.25) is 9.59 Å². The molecular weight excluding hydrogens is 448 g/mol. The summed E-state index contributed by atoms with van der Waals surface area (Å²) in [5, 5.41) is 3.39. The molecule has 0 unspecified atom stereocenters. The van der Waals surface area contributed by atoms with E-state index in [1.165, 1.54) is 18.2 Å². The Hall–Kier alpha value is -3.06. The Morgan fingerprint density at radius 3 is 2.44 bits per heavy atom. The number of imide groups is 1. The molecular formula is C27H30N2O4S. The van der Waals surface area contributed by atoms with Crippen LogP contribution >= 0.6 is 11.8 Å². The third-order valence-electron chi connectivity index (χ3n) is 6.04. The molecule has 0 saturated heterocycles. The fourth-order valence-electron chi connectivity index (χ4n) is 4.24. The molecule has 2 aromatic rings. The topological polar surface area (TPSA) is 75.7 Å². The number of carbonyl (C=O) groups is 3. The summed E-state index contributed by atoms with van der Waals surface area (Å²) in [5.41, 5.74) is 1.89. The average molecular weight is 479 g/mol. The van der Waals surface area contributed by atoms with Crippen LogP contribution in [0.25, 0.3) is 0 Å². The van der Waals surface area contributed by atoms with Crippen LogP contribution in [-0.2, 0) is 14.3 Å². The second-order valence-corrected chi connectivity index (χ2v) is 9.78. The molecule has 0 radical (unpaired) electrons. The van der Waals surface area contributed by atoms with E-state index in [9.17, 15) is 14.4 Å². The van der Waals surface area contributed by atoms with Gasteiger partial charge in [0, 0.05) is 10.9 Å². The molecule has 0 atom stereocenters. The zero-order valence-electron chi connectivity index (χ0n) is 19.6. The molecule has 1 N–H and O–H groups in total. The van der Waals surface area contributed by atoms with Crippen molar-refractivity contribution in [3.8, 4) is 0 Å². The lowest BCUT2D eigenvalue weighted by atomic mass is 9.95. The number of amides is 2. The van der Waals surface area contributed by atoms with Gasteiger partial charge in [0.15, 0.2) is 0 Å². The van der Waals surface area contributed by atoms with E-state index in [0.717, 1.165) is 41.0 Å². The van der Waals surface area contributed by atoms with Gasteiger partial charge in [0.1, 0.15) is 10.6 Å². The van der Waals surface area contributed by atoms with Gasteiger partial charge >= 0.3 is 5.97 Å². The van der Waals surface area contributed by atoms with E-state index < -0.39 is 17.8 Å². The minimum atomic E-state index is -0.542. The van der Waals surface area contributed by atoms with Gasteiger partial charge < -0.3 is 10.1 Å². The van der Waals surface area contributed by atoms with Crippen molar-refractivity contribution in [1.29, 1.82) is 0 Å². The first-order chi connectivity index (χ1) is 16.5. The maximum atomic E-state index is 13.7. The number of hydrogen-bond donors (Lipinski definition) is 1. The number of hydrogen-bond acceptors (Lipinski definition) is 6.